The number of hydrogen-bond acceptors (Lipinski definition) is 1. The van der Waals surface area contributed by atoms with Crippen LogP contribution in [0.5, 0.6) is 0 Å². The molecule has 0 N–H and O–H groups in total. The first-order valence-electron chi connectivity index (χ1n) is 6.83. The van der Waals surface area contributed by atoms with Gasteiger partial charge in [0.25, 0.3) is 0 Å². The molecule has 16 heavy (non-hydrogen) atoms. The van der Waals surface area contributed by atoms with Crippen molar-refractivity contribution >= 4 is 8.32 Å². The molecule has 0 rings (SSSR count). The quantitative estimate of drug-likeness (QED) is 0.582. The lowest BCUT2D eigenvalue weighted by molar-refractivity contribution is 0.116. The molecule has 0 saturated carbocycles. The van der Waals surface area contributed by atoms with E-state index in [0.717, 1.165) is 6.42 Å². The molecule has 0 spiro atoms. The van der Waals surface area contributed by atoms with Gasteiger partial charge in [-0.1, -0.05) is 48.0 Å². The van der Waals surface area contributed by atoms with Gasteiger partial charge in [0, 0.05) is 6.10 Å². The van der Waals surface area contributed by atoms with Crippen LogP contribution in [0.25, 0.3) is 0 Å². The summed E-state index contributed by atoms with van der Waals surface area (Å²) >= 11 is 0. The minimum atomic E-state index is -1.58. The van der Waals surface area contributed by atoms with E-state index in [0.29, 0.717) is 17.1 Å². The van der Waals surface area contributed by atoms with E-state index in [1.165, 1.54) is 12.8 Å². The van der Waals surface area contributed by atoms with Crippen LogP contribution in [-0.4, -0.2) is 14.4 Å². The molecule has 0 aromatic heterocycles. The van der Waals surface area contributed by atoms with Crippen LogP contribution in [0.4, 0.5) is 0 Å². The fourth-order valence-corrected chi connectivity index (χ4v) is 3.31. The van der Waals surface area contributed by atoms with E-state index in [9.17, 15) is 0 Å². The van der Waals surface area contributed by atoms with Crippen molar-refractivity contribution in [3.8, 4) is 0 Å². The van der Waals surface area contributed by atoms with Gasteiger partial charge in [0.15, 0.2) is 8.32 Å². The van der Waals surface area contributed by atoms with E-state index < -0.39 is 8.32 Å². The van der Waals surface area contributed by atoms with Crippen molar-refractivity contribution in [2.45, 2.75) is 85.0 Å². The van der Waals surface area contributed by atoms with E-state index in [1.807, 2.05) is 0 Å². The molecule has 98 valence electrons. The van der Waals surface area contributed by atoms with Crippen LogP contribution in [-0.2, 0) is 4.43 Å². The molecule has 0 aromatic rings. The molecule has 2 unspecified atom stereocenters. The second-order valence-corrected chi connectivity index (χ2v) is 11.3. The van der Waals surface area contributed by atoms with Crippen LogP contribution in [0.2, 0.25) is 18.1 Å². The molecular weight excluding hydrogens is 212 g/mol. The third-order valence-electron chi connectivity index (χ3n) is 4.03. The second kappa shape index (κ2) is 6.20. The smallest absolute Gasteiger partial charge is 0.192 e. The Labute approximate surface area is 104 Å². The summed E-state index contributed by atoms with van der Waals surface area (Å²) in [7, 11) is -1.58. The van der Waals surface area contributed by atoms with Crippen LogP contribution >= 0.6 is 0 Å². The van der Waals surface area contributed by atoms with Gasteiger partial charge in [-0.25, -0.2) is 0 Å². The molecule has 0 aliphatic rings. The molecule has 0 bridgehead atoms. The van der Waals surface area contributed by atoms with Crippen LogP contribution < -0.4 is 0 Å². The number of hydrogen-bond donors (Lipinski definition) is 0. The topological polar surface area (TPSA) is 9.23 Å². The summed E-state index contributed by atoms with van der Waals surface area (Å²) < 4.78 is 6.50. The predicted molar refractivity (Wildman–Crippen MR) is 76.4 cm³/mol. The molecule has 0 aliphatic carbocycles. The molecule has 0 saturated heterocycles. The third-order valence-corrected chi connectivity index (χ3v) is 8.54. The Morgan fingerprint density at radius 3 is 1.94 bits per heavy atom. The zero-order chi connectivity index (χ0) is 13.0. The summed E-state index contributed by atoms with van der Waals surface area (Å²) in [6.45, 7) is 18.5. The standard InChI is InChI=1S/C14H32OSi/c1-9-11-12(3)13(10-2)15-16(7,8)14(4,5)6/h12-13H,9-11H2,1-8H3. The van der Waals surface area contributed by atoms with Crippen LogP contribution in [0.3, 0.4) is 0 Å². The lowest BCUT2D eigenvalue weighted by Gasteiger charge is -2.40. The Bertz CT molecular complexity index is 193. The Morgan fingerprint density at radius 2 is 1.62 bits per heavy atom. The van der Waals surface area contributed by atoms with E-state index in [-0.39, 0.29) is 0 Å². The maximum atomic E-state index is 6.50. The van der Waals surface area contributed by atoms with Crippen molar-refractivity contribution in [2.75, 3.05) is 0 Å². The van der Waals surface area contributed by atoms with Crippen LogP contribution in [0.1, 0.15) is 60.8 Å². The van der Waals surface area contributed by atoms with Gasteiger partial charge >= 0.3 is 0 Å². The highest BCUT2D eigenvalue weighted by Crippen LogP contribution is 2.38. The second-order valence-electron chi connectivity index (χ2n) is 6.59. The van der Waals surface area contributed by atoms with Gasteiger partial charge in [-0.05, 0) is 36.9 Å². The SMILES string of the molecule is CCCC(C)C(CC)O[Si](C)(C)C(C)(C)C. The third kappa shape index (κ3) is 4.58. The monoisotopic (exact) mass is 244 g/mol. The maximum Gasteiger partial charge on any atom is 0.192 e. The van der Waals surface area contributed by atoms with Gasteiger partial charge in [0.05, 0.1) is 0 Å². The lowest BCUT2D eigenvalue weighted by atomic mass is 9.98. The summed E-state index contributed by atoms with van der Waals surface area (Å²) in [6, 6.07) is 0. The van der Waals surface area contributed by atoms with Crippen molar-refractivity contribution in [3.63, 3.8) is 0 Å². The maximum absolute atomic E-state index is 6.50. The highest BCUT2D eigenvalue weighted by Gasteiger charge is 2.39. The first-order chi connectivity index (χ1) is 7.15. The van der Waals surface area contributed by atoms with E-state index in [2.05, 4.69) is 54.6 Å². The Balaban J connectivity index is 4.53. The number of rotatable bonds is 6. The van der Waals surface area contributed by atoms with E-state index in [4.69, 9.17) is 4.43 Å². The molecule has 2 atom stereocenters. The molecule has 0 aromatic carbocycles. The molecule has 0 aliphatic heterocycles. The fraction of sp³-hybridized carbons (Fsp3) is 1.00. The lowest BCUT2D eigenvalue weighted by Crippen LogP contribution is -2.45. The van der Waals surface area contributed by atoms with Gasteiger partial charge in [0.2, 0.25) is 0 Å². The average Bonchev–Trinajstić information content (AvgIpc) is 2.12. The molecule has 0 amide bonds. The molecule has 0 radical (unpaired) electrons. The van der Waals surface area contributed by atoms with Gasteiger partial charge in [-0.3, -0.25) is 0 Å². The summed E-state index contributed by atoms with van der Waals surface area (Å²) in [5.74, 6) is 0.698. The summed E-state index contributed by atoms with van der Waals surface area (Å²) in [5, 5.41) is 0.326. The highest BCUT2D eigenvalue weighted by molar-refractivity contribution is 6.74. The van der Waals surface area contributed by atoms with Crippen LogP contribution in [0, 0.1) is 5.92 Å². The minimum absolute atomic E-state index is 0.326. The summed E-state index contributed by atoms with van der Waals surface area (Å²) in [4.78, 5) is 0. The van der Waals surface area contributed by atoms with Gasteiger partial charge < -0.3 is 4.43 Å². The van der Waals surface area contributed by atoms with E-state index >= 15 is 0 Å². The zero-order valence-corrected chi connectivity index (χ0v) is 13.7. The van der Waals surface area contributed by atoms with Crippen molar-refractivity contribution in [3.05, 3.63) is 0 Å². The van der Waals surface area contributed by atoms with Crippen molar-refractivity contribution in [2.24, 2.45) is 5.92 Å². The largest absolute Gasteiger partial charge is 0.414 e. The summed E-state index contributed by atoms with van der Waals surface area (Å²) in [5.41, 5.74) is 0. The first-order valence-corrected chi connectivity index (χ1v) is 9.74. The fourth-order valence-electron chi connectivity index (χ4n) is 1.80. The predicted octanol–water partition coefficient (Wildman–Crippen LogP) is 5.22. The van der Waals surface area contributed by atoms with Gasteiger partial charge in [-0.2, -0.15) is 0 Å². The Morgan fingerprint density at radius 1 is 1.12 bits per heavy atom. The molecule has 1 nitrogen and oxygen atoms in total. The summed E-state index contributed by atoms with van der Waals surface area (Å²) in [6.07, 6.45) is 4.15. The van der Waals surface area contributed by atoms with Crippen molar-refractivity contribution in [1.82, 2.24) is 0 Å². The first kappa shape index (κ1) is 16.2. The van der Waals surface area contributed by atoms with Gasteiger partial charge in [0.1, 0.15) is 0 Å². The Hall–Kier alpha value is 0.177. The molecule has 0 heterocycles. The van der Waals surface area contributed by atoms with Gasteiger partial charge in [-0.15, -0.1) is 0 Å². The Kier molecular flexibility index (Phi) is 6.27. The average molecular weight is 244 g/mol. The minimum Gasteiger partial charge on any atom is -0.414 e. The van der Waals surface area contributed by atoms with Crippen molar-refractivity contribution in [1.29, 1.82) is 0 Å². The van der Waals surface area contributed by atoms with Crippen molar-refractivity contribution < 1.29 is 4.43 Å². The van der Waals surface area contributed by atoms with E-state index in [1.54, 1.807) is 0 Å². The molecule has 2 heteroatoms. The normalized spacial score (nSPS) is 17.2. The molecular formula is C14H32OSi. The van der Waals surface area contributed by atoms with Crippen LogP contribution in [0.15, 0.2) is 0 Å². The highest BCUT2D eigenvalue weighted by atomic mass is 28.4. The zero-order valence-electron chi connectivity index (χ0n) is 12.7. The molecule has 0 fully saturated rings.